The van der Waals surface area contributed by atoms with Crippen molar-refractivity contribution in [2.45, 2.75) is 45.1 Å². The number of carbonyl (C=O) groups excluding carboxylic acids is 2. The average molecular weight is 346 g/mol. The maximum Gasteiger partial charge on any atom is 0.338 e. The fraction of sp³-hybridized carbons (Fsp3) is 0.474. The lowest BCUT2D eigenvalue weighted by Crippen LogP contribution is -2.45. The van der Waals surface area contributed by atoms with Crippen molar-refractivity contribution in [3.63, 3.8) is 0 Å². The number of hydrogen-bond donors (Lipinski definition) is 2. The van der Waals surface area contributed by atoms with Gasteiger partial charge in [-0.15, -0.1) is 0 Å². The number of carbonyl (C=O) groups is 2. The Morgan fingerprint density at radius 2 is 1.88 bits per heavy atom. The van der Waals surface area contributed by atoms with E-state index in [1.807, 2.05) is 0 Å². The molecule has 0 unspecified atom stereocenters. The molecule has 1 aliphatic carbocycles. The molecule has 2 amide bonds. The Kier molecular flexibility index (Phi) is 5.36. The van der Waals surface area contributed by atoms with Crippen molar-refractivity contribution in [3.05, 3.63) is 46.9 Å². The molecular weight excluding hydrogens is 323 g/mol. The van der Waals surface area contributed by atoms with Gasteiger partial charge in [0.1, 0.15) is 5.82 Å². The van der Waals surface area contributed by atoms with Crippen molar-refractivity contribution < 1.29 is 18.7 Å². The van der Waals surface area contributed by atoms with Gasteiger partial charge in [-0.05, 0) is 43.4 Å². The van der Waals surface area contributed by atoms with Crippen molar-refractivity contribution >= 4 is 12.0 Å². The summed E-state index contributed by atoms with van der Waals surface area (Å²) in [6, 6.07) is 4.71. The number of allylic oxidation sites excluding steroid dienone is 1. The van der Waals surface area contributed by atoms with Gasteiger partial charge in [0.2, 0.25) is 0 Å². The highest BCUT2D eigenvalue weighted by atomic mass is 19.1. The third-order valence-electron chi connectivity index (χ3n) is 4.87. The lowest BCUT2D eigenvalue weighted by Gasteiger charge is -2.29. The second-order valence-electron chi connectivity index (χ2n) is 6.72. The van der Waals surface area contributed by atoms with E-state index in [2.05, 4.69) is 10.6 Å². The first-order valence-electron chi connectivity index (χ1n) is 8.75. The van der Waals surface area contributed by atoms with Gasteiger partial charge in [0.15, 0.2) is 0 Å². The minimum atomic E-state index is -0.645. The molecule has 134 valence electrons. The SMILES string of the molecule is CC1=C(C(=O)OCC2CCCCC2)[C@H](c2ccc(F)cc2)NC(=O)N1. The van der Waals surface area contributed by atoms with Crippen LogP contribution in [0.15, 0.2) is 35.5 Å². The highest BCUT2D eigenvalue weighted by Crippen LogP contribution is 2.29. The molecule has 1 heterocycles. The van der Waals surface area contributed by atoms with Gasteiger partial charge in [-0.3, -0.25) is 0 Å². The van der Waals surface area contributed by atoms with Gasteiger partial charge in [0, 0.05) is 5.70 Å². The van der Waals surface area contributed by atoms with Crippen LogP contribution in [0, 0.1) is 11.7 Å². The Morgan fingerprint density at radius 1 is 1.20 bits per heavy atom. The van der Waals surface area contributed by atoms with Crippen LogP contribution in [0.3, 0.4) is 0 Å². The molecule has 2 aliphatic rings. The minimum Gasteiger partial charge on any atom is -0.462 e. The topological polar surface area (TPSA) is 67.4 Å². The van der Waals surface area contributed by atoms with E-state index in [-0.39, 0.29) is 5.82 Å². The second kappa shape index (κ2) is 7.68. The number of rotatable bonds is 4. The number of halogens is 1. The van der Waals surface area contributed by atoms with E-state index in [1.54, 1.807) is 19.1 Å². The fourth-order valence-electron chi connectivity index (χ4n) is 3.49. The van der Waals surface area contributed by atoms with E-state index in [0.717, 1.165) is 12.8 Å². The molecule has 5 nitrogen and oxygen atoms in total. The van der Waals surface area contributed by atoms with E-state index >= 15 is 0 Å². The largest absolute Gasteiger partial charge is 0.462 e. The molecule has 1 aliphatic heterocycles. The Hall–Kier alpha value is -2.37. The summed E-state index contributed by atoms with van der Waals surface area (Å²) in [7, 11) is 0. The van der Waals surface area contributed by atoms with Crippen LogP contribution < -0.4 is 10.6 Å². The minimum absolute atomic E-state index is 0.363. The van der Waals surface area contributed by atoms with Gasteiger partial charge < -0.3 is 15.4 Å². The highest BCUT2D eigenvalue weighted by Gasteiger charge is 2.32. The quantitative estimate of drug-likeness (QED) is 0.819. The third kappa shape index (κ3) is 4.18. The number of esters is 1. The lowest BCUT2D eigenvalue weighted by molar-refractivity contribution is -0.141. The fourth-order valence-corrected chi connectivity index (χ4v) is 3.49. The molecule has 1 saturated carbocycles. The molecule has 1 fully saturated rings. The van der Waals surface area contributed by atoms with Gasteiger partial charge in [-0.25, -0.2) is 14.0 Å². The lowest BCUT2D eigenvalue weighted by atomic mass is 9.90. The van der Waals surface area contributed by atoms with E-state index < -0.39 is 18.0 Å². The summed E-state index contributed by atoms with van der Waals surface area (Å²) >= 11 is 0. The molecule has 0 spiro atoms. The standard InChI is InChI=1S/C19H23FN2O3/c1-12-16(18(23)25-11-13-5-3-2-4-6-13)17(22-19(24)21-12)14-7-9-15(20)10-8-14/h7-10,13,17H,2-6,11H2,1H3,(H2,21,22,24)/t17-/m0/s1. The van der Waals surface area contributed by atoms with Crippen molar-refractivity contribution in [2.75, 3.05) is 6.61 Å². The van der Waals surface area contributed by atoms with Crippen LogP contribution in [0.25, 0.3) is 0 Å². The van der Waals surface area contributed by atoms with Crippen LogP contribution in [0.2, 0.25) is 0 Å². The molecule has 0 saturated heterocycles. The summed E-state index contributed by atoms with van der Waals surface area (Å²) in [5.41, 5.74) is 1.47. The van der Waals surface area contributed by atoms with E-state index in [4.69, 9.17) is 4.74 Å². The number of benzene rings is 1. The zero-order chi connectivity index (χ0) is 17.8. The molecular formula is C19H23FN2O3. The summed E-state index contributed by atoms with van der Waals surface area (Å²) in [6.07, 6.45) is 5.78. The molecule has 0 radical (unpaired) electrons. The van der Waals surface area contributed by atoms with Gasteiger partial charge in [-0.2, -0.15) is 0 Å². The number of amides is 2. The first-order valence-corrected chi connectivity index (χ1v) is 8.75. The Balaban J connectivity index is 1.76. The van der Waals surface area contributed by atoms with E-state index in [9.17, 15) is 14.0 Å². The normalized spacial score (nSPS) is 21.5. The smallest absolute Gasteiger partial charge is 0.338 e. The monoisotopic (exact) mass is 346 g/mol. The Morgan fingerprint density at radius 3 is 2.56 bits per heavy atom. The van der Waals surface area contributed by atoms with Crippen molar-refractivity contribution in [1.29, 1.82) is 0 Å². The number of nitrogens with one attached hydrogen (secondary N) is 2. The van der Waals surface area contributed by atoms with E-state index in [0.29, 0.717) is 29.4 Å². The maximum atomic E-state index is 13.2. The van der Waals surface area contributed by atoms with Gasteiger partial charge in [0.05, 0.1) is 18.2 Å². The van der Waals surface area contributed by atoms with Crippen molar-refractivity contribution in [1.82, 2.24) is 10.6 Å². The molecule has 1 aromatic carbocycles. The van der Waals surface area contributed by atoms with Gasteiger partial charge in [0.25, 0.3) is 0 Å². The van der Waals surface area contributed by atoms with Crippen LogP contribution in [0.5, 0.6) is 0 Å². The zero-order valence-corrected chi connectivity index (χ0v) is 14.3. The van der Waals surface area contributed by atoms with Gasteiger partial charge >= 0.3 is 12.0 Å². The molecule has 0 bridgehead atoms. The van der Waals surface area contributed by atoms with Crippen LogP contribution in [-0.4, -0.2) is 18.6 Å². The molecule has 1 atom stereocenters. The number of hydrogen-bond acceptors (Lipinski definition) is 3. The van der Waals surface area contributed by atoms with Crippen LogP contribution in [0.4, 0.5) is 9.18 Å². The third-order valence-corrected chi connectivity index (χ3v) is 4.87. The molecule has 6 heteroatoms. The molecule has 1 aromatic rings. The molecule has 25 heavy (non-hydrogen) atoms. The van der Waals surface area contributed by atoms with Crippen molar-refractivity contribution in [2.24, 2.45) is 5.92 Å². The first kappa shape index (κ1) is 17.5. The van der Waals surface area contributed by atoms with Crippen LogP contribution in [-0.2, 0) is 9.53 Å². The predicted octanol–water partition coefficient (Wildman–Crippen LogP) is 3.58. The maximum absolute atomic E-state index is 13.2. The summed E-state index contributed by atoms with van der Waals surface area (Å²) in [5.74, 6) is -0.398. The Bertz CT molecular complexity index is 678. The van der Waals surface area contributed by atoms with Crippen LogP contribution >= 0.6 is 0 Å². The van der Waals surface area contributed by atoms with Crippen LogP contribution in [0.1, 0.15) is 50.6 Å². The molecule has 3 rings (SSSR count). The zero-order valence-electron chi connectivity index (χ0n) is 14.3. The summed E-state index contributed by atoms with van der Waals surface area (Å²) in [4.78, 5) is 24.5. The summed E-state index contributed by atoms with van der Waals surface area (Å²) in [6.45, 7) is 2.08. The highest BCUT2D eigenvalue weighted by molar-refractivity contribution is 5.95. The van der Waals surface area contributed by atoms with Gasteiger partial charge in [-0.1, -0.05) is 31.4 Å². The Labute approximate surface area is 146 Å². The molecule has 0 aromatic heterocycles. The molecule has 2 N–H and O–H groups in total. The first-order chi connectivity index (χ1) is 12.0. The average Bonchev–Trinajstić information content (AvgIpc) is 2.60. The van der Waals surface area contributed by atoms with Crippen molar-refractivity contribution in [3.8, 4) is 0 Å². The number of urea groups is 1. The second-order valence-corrected chi connectivity index (χ2v) is 6.72. The summed E-state index contributed by atoms with van der Waals surface area (Å²) in [5, 5.41) is 5.33. The number of ether oxygens (including phenoxy) is 1. The van der Waals surface area contributed by atoms with E-state index in [1.165, 1.54) is 31.4 Å². The summed E-state index contributed by atoms with van der Waals surface area (Å²) < 4.78 is 18.7. The predicted molar refractivity (Wildman–Crippen MR) is 91.0 cm³/mol.